The van der Waals surface area contributed by atoms with Gasteiger partial charge in [0.2, 0.25) is 10.0 Å². The molecule has 0 radical (unpaired) electrons. The molecule has 126 valence electrons. The van der Waals surface area contributed by atoms with Crippen LogP contribution in [0.3, 0.4) is 0 Å². The number of nitrogens with two attached hydrogens (primary N) is 1. The number of sulfonamides is 1. The van der Waals surface area contributed by atoms with Crippen LogP contribution in [0.4, 0.5) is 5.69 Å². The standard InChI is InChI=1S/C18H15N3O3S/c1-10-12-4-2-3-5-15(12)20-17(10)9-14-13-8-11(25(19,23)24)6-7-16(13)21-18(14)22/h2-9,20H,1H3,(H,21,22)(H2,19,23,24)/b14-9-. The van der Waals surface area contributed by atoms with Crippen LogP contribution in [0.5, 0.6) is 0 Å². The van der Waals surface area contributed by atoms with E-state index in [1.165, 1.54) is 12.1 Å². The summed E-state index contributed by atoms with van der Waals surface area (Å²) in [6.45, 7) is 1.97. The zero-order valence-electron chi connectivity index (χ0n) is 13.3. The minimum atomic E-state index is -3.84. The summed E-state index contributed by atoms with van der Waals surface area (Å²) in [5.41, 5.74) is 4.29. The number of H-pyrrole nitrogens is 1. The summed E-state index contributed by atoms with van der Waals surface area (Å²) in [5.74, 6) is -0.278. The van der Waals surface area contributed by atoms with Gasteiger partial charge in [0.05, 0.1) is 10.5 Å². The maximum absolute atomic E-state index is 12.3. The molecule has 3 aromatic rings. The highest BCUT2D eigenvalue weighted by Crippen LogP contribution is 2.35. The highest BCUT2D eigenvalue weighted by molar-refractivity contribution is 7.89. The molecule has 0 fully saturated rings. The van der Waals surface area contributed by atoms with Crippen molar-refractivity contribution in [3.05, 3.63) is 59.3 Å². The Labute approximate surface area is 144 Å². The molecule has 2 aromatic carbocycles. The normalized spacial score (nSPS) is 15.6. The van der Waals surface area contributed by atoms with E-state index in [0.29, 0.717) is 16.8 Å². The van der Waals surface area contributed by atoms with Crippen molar-refractivity contribution >= 4 is 44.2 Å². The maximum Gasteiger partial charge on any atom is 0.256 e. The molecule has 1 aromatic heterocycles. The number of aryl methyl sites for hydroxylation is 1. The van der Waals surface area contributed by atoms with Crippen LogP contribution >= 0.6 is 0 Å². The summed E-state index contributed by atoms with van der Waals surface area (Å²) in [6.07, 6.45) is 1.74. The van der Waals surface area contributed by atoms with Crippen molar-refractivity contribution in [1.82, 2.24) is 4.98 Å². The molecule has 2 heterocycles. The molecule has 1 aliphatic rings. The van der Waals surface area contributed by atoms with Gasteiger partial charge in [-0.1, -0.05) is 18.2 Å². The van der Waals surface area contributed by atoms with Gasteiger partial charge in [0.15, 0.2) is 0 Å². The smallest absolute Gasteiger partial charge is 0.256 e. The molecule has 0 saturated carbocycles. The third-order valence-corrected chi connectivity index (χ3v) is 5.31. The number of benzene rings is 2. The van der Waals surface area contributed by atoms with Crippen LogP contribution in [0.1, 0.15) is 16.8 Å². The second-order valence-electron chi connectivity index (χ2n) is 5.97. The van der Waals surface area contributed by atoms with Crippen LogP contribution in [-0.4, -0.2) is 19.3 Å². The molecule has 0 atom stereocenters. The molecule has 0 bridgehead atoms. The summed E-state index contributed by atoms with van der Waals surface area (Å²) in [6, 6.07) is 12.2. The van der Waals surface area contributed by atoms with E-state index in [-0.39, 0.29) is 10.8 Å². The molecule has 7 heteroatoms. The van der Waals surface area contributed by atoms with E-state index in [9.17, 15) is 13.2 Å². The predicted molar refractivity (Wildman–Crippen MR) is 97.4 cm³/mol. The number of para-hydroxylation sites is 1. The summed E-state index contributed by atoms with van der Waals surface area (Å²) in [5, 5.41) is 9.02. The van der Waals surface area contributed by atoms with Gasteiger partial charge in [0.1, 0.15) is 0 Å². The number of primary sulfonamides is 1. The second-order valence-corrected chi connectivity index (χ2v) is 7.54. The van der Waals surface area contributed by atoms with Crippen molar-refractivity contribution in [3.8, 4) is 0 Å². The van der Waals surface area contributed by atoms with Crippen LogP contribution in [0.25, 0.3) is 22.6 Å². The Morgan fingerprint density at radius 2 is 1.88 bits per heavy atom. The third kappa shape index (κ3) is 2.54. The number of aromatic amines is 1. The highest BCUT2D eigenvalue weighted by Gasteiger charge is 2.26. The lowest BCUT2D eigenvalue weighted by atomic mass is 10.0. The summed E-state index contributed by atoms with van der Waals surface area (Å²) in [4.78, 5) is 15.6. The molecule has 1 amide bonds. The molecular weight excluding hydrogens is 338 g/mol. The van der Waals surface area contributed by atoms with Gasteiger partial charge in [-0.05, 0) is 42.8 Å². The number of nitrogens with one attached hydrogen (secondary N) is 2. The van der Waals surface area contributed by atoms with E-state index in [4.69, 9.17) is 5.14 Å². The van der Waals surface area contributed by atoms with Gasteiger partial charge in [-0.2, -0.15) is 0 Å². The van der Waals surface area contributed by atoms with E-state index in [2.05, 4.69) is 10.3 Å². The fourth-order valence-corrected chi connectivity index (χ4v) is 3.62. The van der Waals surface area contributed by atoms with Crippen molar-refractivity contribution < 1.29 is 13.2 Å². The number of aromatic nitrogens is 1. The zero-order valence-corrected chi connectivity index (χ0v) is 14.1. The third-order valence-electron chi connectivity index (χ3n) is 4.40. The van der Waals surface area contributed by atoms with E-state index >= 15 is 0 Å². The number of carbonyl (C=O) groups is 1. The van der Waals surface area contributed by atoms with Crippen molar-refractivity contribution in [1.29, 1.82) is 0 Å². The molecule has 0 unspecified atom stereocenters. The molecule has 0 aliphatic carbocycles. The Bertz CT molecular complexity index is 1170. The fraction of sp³-hybridized carbons (Fsp3) is 0.0556. The molecule has 0 spiro atoms. The largest absolute Gasteiger partial charge is 0.355 e. The average Bonchev–Trinajstić information content (AvgIpc) is 3.05. The van der Waals surface area contributed by atoms with Gasteiger partial charge in [-0.3, -0.25) is 4.79 Å². The Balaban J connectivity index is 1.90. The molecule has 4 rings (SSSR count). The highest BCUT2D eigenvalue weighted by atomic mass is 32.2. The van der Waals surface area contributed by atoms with Gasteiger partial charge < -0.3 is 10.3 Å². The molecule has 0 saturated heterocycles. The number of amides is 1. The minimum Gasteiger partial charge on any atom is -0.355 e. The number of rotatable bonds is 2. The van der Waals surface area contributed by atoms with Crippen LogP contribution in [0.15, 0.2) is 47.4 Å². The van der Waals surface area contributed by atoms with Gasteiger partial charge in [0.25, 0.3) is 5.91 Å². The molecule has 1 aliphatic heterocycles. The molecule has 25 heavy (non-hydrogen) atoms. The van der Waals surface area contributed by atoms with Crippen LogP contribution in [-0.2, 0) is 14.8 Å². The molecule has 6 nitrogen and oxygen atoms in total. The fourth-order valence-electron chi connectivity index (χ4n) is 3.08. The first-order valence-corrected chi connectivity index (χ1v) is 9.17. The van der Waals surface area contributed by atoms with Crippen LogP contribution < -0.4 is 10.5 Å². The zero-order chi connectivity index (χ0) is 17.8. The van der Waals surface area contributed by atoms with E-state index in [1.807, 2.05) is 31.2 Å². The van der Waals surface area contributed by atoms with Gasteiger partial charge in [-0.25, -0.2) is 13.6 Å². The van der Waals surface area contributed by atoms with E-state index in [0.717, 1.165) is 22.2 Å². The number of hydrogen-bond acceptors (Lipinski definition) is 3. The Morgan fingerprint density at radius 1 is 1.12 bits per heavy atom. The quantitative estimate of drug-likeness (QED) is 0.617. The van der Waals surface area contributed by atoms with Crippen molar-refractivity contribution in [2.24, 2.45) is 5.14 Å². The lowest BCUT2D eigenvalue weighted by molar-refractivity contribution is -0.110. The topological polar surface area (TPSA) is 105 Å². The van der Waals surface area contributed by atoms with Gasteiger partial charge in [0, 0.05) is 27.8 Å². The van der Waals surface area contributed by atoms with Crippen molar-refractivity contribution in [3.63, 3.8) is 0 Å². The second kappa shape index (κ2) is 5.30. The minimum absolute atomic E-state index is 0.0259. The van der Waals surface area contributed by atoms with Gasteiger partial charge in [-0.15, -0.1) is 0 Å². The van der Waals surface area contributed by atoms with Crippen molar-refractivity contribution in [2.75, 3.05) is 5.32 Å². The predicted octanol–water partition coefficient (Wildman–Crippen LogP) is 2.62. The molecule has 4 N–H and O–H groups in total. The monoisotopic (exact) mass is 353 g/mol. The molecular formula is C18H15N3O3S. The van der Waals surface area contributed by atoms with Crippen molar-refractivity contribution in [2.45, 2.75) is 11.8 Å². The summed E-state index contributed by atoms with van der Waals surface area (Å²) >= 11 is 0. The lowest BCUT2D eigenvalue weighted by Gasteiger charge is -2.02. The first-order chi connectivity index (χ1) is 11.8. The van der Waals surface area contributed by atoms with E-state index < -0.39 is 10.0 Å². The lowest BCUT2D eigenvalue weighted by Crippen LogP contribution is -2.12. The maximum atomic E-state index is 12.3. The Kier molecular flexibility index (Phi) is 3.31. The Hall–Kier alpha value is -2.90. The van der Waals surface area contributed by atoms with Crippen LogP contribution in [0, 0.1) is 6.92 Å². The SMILES string of the molecule is Cc1c(/C=C2\C(=O)Nc3ccc(S(N)(=O)=O)cc32)[nH]c2ccccc12. The number of anilines is 1. The number of carbonyl (C=O) groups excluding carboxylic acids is 1. The number of hydrogen-bond donors (Lipinski definition) is 3. The average molecular weight is 353 g/mol. The van der Waals surface area contributed by atoms with E-state index in [1.54, 1.807) is 12.1 Å². The van der Waals surface area contributed by atoms with Gasteiger partial charge >= 0.3 is 0 Å². The van der Waals surface area contributed by atoms with Crippen LogP contribution in [0.2, 0.25) is 0 Å². The summed E-state index contributed by atoms with van der Waals surface area (Å²) < 4.78 is 23.2. The first-order valence-electron chi connectivity index (χ1n) is 7.62. The Morgan fingerprint density at radius 3 is 2.60 bits per heavy atom. The first kappa shape index (κ1) is 15.6. The number of fused-ring (bicyclic) bond motifs is 2. The summed E-state index contributed by atoms with van der Waals surface area (Å²) in [7, 11) is -3.84.